The molecule has 0 saturated carbocycles. The minimum Gasteiger partial charge on any atom is -0.478 e. The van der Waals surface area contributed by atoms with Crippen molar-refractivity contribution in [2.75, 3.05) is 11.9 Å². The van der Waals surface area contributed by atoms with Crippen LogP contribution in [0.1, 0.15) is 27.7 Å². The molecule has 0 unspecified atom stereocenters. The van der Waals surface area contributed by atoms with E-state index in [-0.39, 0.29) is 24.5 Å². The SMILES string of the molecule is CCOC(=O)Cc1cnc(NC(=O)NCc2ccc(C(=O)O)cc2)s1. The Balaban J connectivity index is 1.81. The highest BCUT2D eigenvalue weighted by Crippen LogP contribution is 2.18. The summed E-state index contributed by atoms with van der Waals surface area (Å²) in [6.07, 6.45) is 1.63. The van der Waals surface area contributed by atoms with Crippen molar-refractivity contribution in [1.82, 2.24) is 10.3 Å². The molecule has 0 spiro atoms. The van der Waals surface area contributed by atoms with Gasteiger partial charge in [-0.3, -0.25) is 10.1 Å². The van der Waals surface area contributed by atoms with E-state index in [2.05, 4.69) is 15.6 Å². The Hall–Kier alpha value is -2.94. The van der Waals surface area contributed by atoms with E-state index in [1.807, 2.05) is 0 Å². The summed E-state index contributed by atoms with van der Waals surface area (Å²) < 4.78 is 4.85. The Labute approximate surface area is 147 Å². The van der Waals surface area contributed by atoms with Crippen molar-refractivity contribution in [2.45, 2.75) is 19.9 Å². The molecule has 0 fully saturated rings. The van der Waals surface area contributed by atoms with Gasteiger partial charge in [0.1, 0.15) is 0 Å². The molecule has 0 aliphatic carbocycles. The number of hydrogen-bond acceptors (Lipinski definition) is 6. The number of carbonyl (C=O) groups excluding carboxylic acids is 2. The Kier molecular flexibility index (Phi) is 6.47. The maximum Gasteiger partial charge on any atom is 0.335 e. The molecule has 2 rings (SSSR count). The highest BCUT2D eigenvalue weighted by molar-refractivity contribution is 7.15. The summed E-state index contributed by atoms with van der Waals surface area (Å²) >= 11 is 1.19. The number of ether oxygens (including phenoxy) is 1. The Morgan fingerprint density at radius 3 is 2.60 bits per heavy atom. The maximum atomic E-state index is 11.9. The summed E-state index contributed by atoms with van der Waals surface area (Å²) in [7, 11) is 0. The number of esters is 1. The third-order valence-electron chi connectivity index (χ3n) is 3.05. The van der Waals surface area contributed by atoms with Gasteiger partial charge in [0.05, 0.1) is 18.6 Å². The first-order chi connectivity index (χ1) is 12.0. The van der Waals surface area contributed by atoms with Crippen molar-refractivity contribution < 1.29 is 24.2 Å². The van der Waals surface area contributed by atoms with Crippen LogP contribution in [-0.2, 0) is 22.5 Å². The van der Waals surface area contributed by atoms with Crippen LogP contribution < -0.4 is 10.6 Å². The van der Waals surface area contributed by atoms with Gasteiger partial charge in [-0.1, -0.05) is 12.1 Å². The second-order valence-corrected chi connectivity index (χ2v) is 6.04. The fraction of sp³-hybridized carbons (Fsp3) is 0.250. The molecule has 0 saturated heterocycles. The fourth-order valence-electron chi connectivity index (χ4n) is 1.89. The van der Waals surface area contributed by atoms with E-state index in [4.69, 9.17) is 9.84 Å². The van der Waals surface area contributed by atoms with Crippen molar-refractivity contribution in [1.29, 1.82) is 0 Å². The molecular weight excluding hydrogens is 346 g/mol. The molecule has 0 radical (unpaired) electrons. The van der Waals surface area contributed by atoms with Crippen LogP contribution in [-0.4, -0.2) is 34.7 Å². The van der Waals surface area contributed by atoms with Gasteiger partial charge in [0.15, 0.2) is 5.13 Å². The lowest BCUT2D eigenvalue weighted by Crippen LogP contribution is -2.28. The number of aromatic nitrogens is 1. The highest BCUT2D eigenvalue weighted by atomic mass is 32.1. The Morgan fingerprint density at radius 1 is 1.24 bits per heavy atom. The lowest BCUT2D eigenvalue weighted by atomic mass is 10.1. The van der Waals surface area contributed by atoms with Gasteiger partial charge in [0, 0.05) is 17.6 Å². The summed E-state index contributed by atoms with van der Waals surface area (Å²) in [6.45, 7) is 2.29. The van der Waals surface area contributed by atoms with Crippen molar-refractivity contribution >= 4 is 34.4 Å². The zero-order chi connectivity index (χ0) is 18.2. The highest BCUT2D eigenvalue weighted by Gasteiger charge is 2.10. The lowest BCUT2D eigenvalue weighted by molar-refractivity contribution is -0.142. The van der Waals surface area contributed by atoms with Gasteiger partial charge in [-0.15, -0.1) is 11.3 Å². The monoisotopic (exact) mass is 363 g/mol. The van der Waals surface area contributed by atoms with Gasteiger partial charge in [-0.2, -0.15) is 0 Å². The van der Waals surface area contributed by atoms with Gasteiger partial charge < -0.3 is 15.2 Å². The number of urea groups is 1. The van der Waals surface area contributed by atoms with Crippen molar-refractivity contribution in [3.8, 4) is 0 Å². The molecule has 8 nitrogen and oxygen atoms in total. The van der Waals surface area contributed by atoms with E-state index in [0.29, 0.717) is 16.6 Å². The number of carboxylic acid groups (broad SMARTS) is 1. The maximum absolute atomic E-state index is 11.9. The first kappa shape index (κ1) is 18.4. The number of aromatic carboxylic acids is 1. The van der Waals surface area contributed by atoms with Gasteiger partial charge in [-0.25, -0.2) is 14.6 Å². The van der Waals surface area contributed by atoms with E-state index in [1.54, 1.807) is 19.1 Å². The average molecular weight is 363 g/mol. The number of thiazole rings is 1. The summed E-state index contributed by atoms with van der Waals surface area (Å²) in [4.78, 5) is 38.7. The van der Waals surface area contributed by atoms with Crippen LogP contribution in [0.15, 0.2) is 30.5 Å². The summed E-state index contributed by atoms with van der Waals surface area (Å²) in [5.74, 6) is -1.34. The molecule has 3 N–H and O–H groups in total. The quantitative estimate of drug-likeness (QED) is 0.650. The van der Waals surface area contributed by atoms with E-state index in [1.165, 1.54) is 29.7 Å². The molecule has 1 aromatic heterocycles. The zero-order valence-corrected chi connectivity index (χ0v) is 14.3. The molecule has 0 atom stereocenters. The van der Waals surface area contributed by atoms with Crippen LogP contribution >= 0.6 is 11.3 Å². The molecule has 2 amide bonds. The number of nitrogens with one attached hydrogen (secondary N) is 2. The second-order valence-electron chi connectivity index (χ2n) is 4.92. The molecule has 9 heteroatoms. The summed E-state index contributed by atoms with van der Waals surface area (Å²) in [5, 5.41) is 14.4. The number of amides is 2. The standard InChI is InChI=1S/C16H17N3O5S/c1-2-24-13(20)7-12-9-18-16(25-12)19-15(23)17-8-10-3-5-11(6-4-10)14(21)22/h3-6,9H,2,7-8H2,1H3,(H,21,22)(H2,17,18,19,23). The predicted molar refractivity (Wildman–Crippen MR) is 91.7 cm³/mol. The summed E-state index contributed by atoms with van der Waals surface area (Å²) in [6, 6.07) is 5.76. The van der Waals surface area contributed by atoms with E-state index < -0.39 is 12.0 Å². The Bertz CT molecular complexity index is 757. The smallest absolute Gasteiger partial charge is 0.335 e. The van der Waals surface area contributed by atoms with Gasteiger partial charge in [0.2, 0.25) is 0 Å². The fourth-order valence-corrected chi connectivity index (χ4v) is 2.68. The van der Waals surface area contributed by atoms with Crippen LogP contribution in [0, 0.1) is 0 Å². The van der Waals surface area contributed by atoms with Crippen LogP contribution in [0.25, 0.3) is 0 Å². The number of hydrogen-bond donors (Lipinski definition) is 3. The van der Waals surface area contributed by atoms with Crippen LogP contribution in [0.3, 0.4) is 0 Å². The number of rotatable bonds is 7. The van der Waals surface area contributed by atoms with Crippen molar-refractivity contribution in [2.24, 2.45) is 0 Å². The van der Waals surface area contributed by atoms with Crippen LogP contribution in [0.4, 0.5) is 9.93 Å². The normalized spacial score (nSPS) is 10.1. The molecule has 132 valence electrons. The molecule has 2 aromatic rings. The molecule has 1 heterocycles. The molecule has 0 aliphatic rings. The number of carbonyl (C=O) groups is 3. The van der Waals surface area contributed by atoms with Gasteiger partial charge in [0.25, 0.3) is 0 Å². The van der Waals surface area contributed by atoms with Crippen molar-refractivity contribution in [3.63, 3.8) is 0 Å². The minimum atomic E-state index is -1.00. The van der Waals surface area contributed by atoms with E-state index in [0.717, 1.165) is 5.56 Å². The first-order valence-electron chi connectivity index (χ1n) is 7.45. The number of benzene rings is 1. The third kappa shape index (κ3) is 5.88. The number of anilines is 1. The minimum absolute atomic E-state index is 0.116. The van der Waals surface area contributed by atoms with Gasteiger partial charge in [-0.05, 0) is 24.6 Å². The van der Waals surface area contributed by atoms with Gasteiger partial charge >= 0.3 is 18.0 Å². The lowest BCUT2D eigenvalue weighted by Gasteiger charge is -2.06. The molecule has 0 bridgehead atoms. The number of nitrogens with zero attached hydrogens (tertiary/aromatic N) is 1. The topological polar surface area (TPSA) is 118 Å². The second kappa shape index (κ2) is 8.78. The van der Waals surface area contributed by atoms with Crippen LogP contribution in [0.5, 0.6) is 0 Å². The molecule has 0 aliphatic heterocycles. The third-order valence-corrected chi connectivity index (χ3v) is 3.96. The predicted octanol–water partition coefficient (Wildman–Crippen LogP) is 2.27. The van der Waals surface area contributed by atoms with Crippen LogP contribution in [0.2, 0.25) is 0 Å². The first-order valence-corrected chi connectivity index (χ1v) is 8.27. The zero-order valence-electron chi connectivity index (χ0n) is 13.4. The Morgan fingerprint density at radius 2 is 1.96 bits per heavy atom. The summed E-state index contributed by atoms with van der Waals surface area (Å²) in [5.41, 5.74) is 0.951. The molecular formula is C16H17N3O5S. The molecule has 25 heavy (non-hydrogen) atoms. The van der Waals surface area contributed by atoms with E-state index >= 15 is 0 Å². The van der Waals surface area contributed by atoms with Crippen molar-refractivity contribution in [3.05, 3.63) is 46.5 Å². The molecule has 1 aromatic carbocycles. The number of carboxylic acids is 1. The van der Waals surface area contributed by atoms with E-state index in [9.17, 15) is 14.4 Å². The largest absolute Gasteiger partial charge is 0.478 e. The average Bonchev–Trinajstić information content (AvgIpc) is 3.00.